The first-order chi connectivity index (χ1) is 9.97. The summed E-state index contributed by atoms with van der Waals surface area (Å²) >= 11 is 0. The van der Waals surface area contributed by atoms with Crippen molar-refractivity contribution in [3.05, 3.63) is 54.4 Å². The van der Waals surface area contributed by atoms with E-state index in [2.05, 4.69) is 15.0 Å². The minimum Gasteiger partial charge on any atom is -0.379 e. The van der Waals surface area contributed by atoms with Crippen molar-refractivity contribution in [2.24, 2.45) is 0 Å². The third-order valence-corrected chi connectivity index (χ3v) is 4.43. The van der Waals surface area contributed by atoms with Crippen molar-refractivity contribution in [3.8, 4) is 0 Å². The van der Waals surface area contributed by atoms with Crippen LogP contribution in [0.5, 0.6) is 0 Å². The Morgan fingerprint density at radius 3 is 2.38 bits per heavy atom. The molecule has 1 aromatic carbocycles. The summed E-state index contributed by atoms with van der Waals surface area (Å²) in [5.41, 5.74) is 1.78. The molecular weight excluding hydrogens is 286 g/mol. The number of anilines is 1. The number of rotatable bonds is 6. The molecule has 2 aromatic rings. The van der Waals surface area contributed by atoms with Gasteiger partial charge in [-0.3, -0.25) is 4.98 Å². The monoisotopic (exact) mass is 305 g/mol. The highest BCUT2D eigenvalue weighted by Crippen LogP contribution is 2.15. The lowest BCUT2D eigenvalue weighted by Gasteiger charge is -2.10. The summed E-state index contributed by atoms with van der Waals surface area (Å²) in [5, 5.41) is 3.20. The molecule has 0 spiro atoms. The molecule has 6 heteroatoms. The van der Waals surface area contributed by atoms with E-state index in [1.807, 2.05) is 18.2 Å². The second-order valence-electron chi connectivity index (χ2n) is 4.97. The van der Waals surface area contributed by atoms with Gasteiger partial charge >= 0.3 is 0 Å². The number of nitrogens with zero attached hydrogens (tertiary/aromatic N) is 1. The van der Waals surface area contributed by atoms with Crippen LogP contribution in [0.25, 0.3) is 0 Å². The summed E-state index contributed by atoms with van der Waals surface area (Å²) < 4.78 is 26.5. The first kappa shape index (κ1) is 15.5. The van der Waals surface area contributed by atoms with E-state index in [-0.39, 0.29) is 10.9 Å². The number of nitrogens with one attached hydrogen (secondary N) is 2. The first-order valence-corrected chi connectivity index (χ1v) is 8.22. The molecule has 1 heterocycles. The molecule has 1 aromatic heterocycles. The Bertz CT molecular complexity index is 668. The third kappa shape index (κ3) is 4.54. The molecule has 0 radical (unpaired) electrons. The van der Waals surface area contributed by atoms with Gasteiger partial charge in [0.05, 0.1) is 17.1 Å². The molecule has 0 aliphatic rings. The van der Waals surface area contributed by atoms with Gasteiger partial charge in [-0.2, -0.15) is 0 Å². The summed E-state index contributed by atoms with van der Waals surface area (Å²) in [6.07, 6.45) is 1.74. The van der Waals surface area contributed by atoms with Gasteiger partial charge in [0.25, 0.3) is 0 Å². The molecule has 0 saturated heterocycles. The second-order valence-corrected chi connectivity index (χ2v) is 6.69. The van der Waals surface area contributed by atoms with Gasteiger partial charge in [0, 0.05) is 17.9 Å². The average molecular weight is 305 g/mol. The molecule has 0 saturated carbocycles. The second kappa shape index (κ2) is 6.69. The fourth-order valence-corrected chi connectivity index (χ4v) is 3.08. The van der Waals surface area contributed by atoms with Gasteiger partial charge in [-0.1, -0.05) is 6.07 Å². The quantitative estimate of drug-likeness (QED) is 0.859. The topological polar surface area (TPSA) is 71.1 Å². The van der Waals surface area contributed by atoms with E-state index in [1.165, 1.54) is 0 Å². The molecule has 0 amide bonds. The molecule has 2 N–H and O–H groups in total. The van der Waals surface area contributed by atoms with E-state index in [1.54, 1.807) is 44.3 Å². The molecular formula is C15H19N3O2S. The van der Waals surface area contributed by atoms with Crippen LogP contribution in [0.15, 0.2) is 53.6 Å². The Labute approximate surface area is 125 Å². The lowest BCUT2D eigenvalue weighted by atomic mass is 10.3. The fourth-order valence-electron chi connectivity index (χ4n) is 1.83. The number of pyridine rings is 1. The smallest absolute Gasteiger partial charge is 0.240 e. The number of benzene rings is 1. The van der Waals surface area contributed by atoms with Crippen molar-refractivity contribution >= 4 is 15.7 Å². The minimum atomic E-state index is -3.43. The Kier molecular flexibility index (Phi) is 4.93. The molecule has 0 unspecified atom stereocenters. The maximum absolute atomic E-state index is 12.0. The highest BCUT2D eigenvalue weighted by Gasteiger charge is 2.14. The zero-order chi connectivity index (χ0) is 15.3. The summed E-state index contributed by atoms with van der Waals surface area (Å²) in [6.45, 7) is 4.18. The first-order valence-electron chi connectivity index (χ1n) is 6.73. The van der Waals surface area contributed by atoms with Crippen molar-refractivity contribution in [1.29, 1.82) is 0 Å². The van der Waals surface area contributed by atoms with Crippen LogP contribution in [0.1, 0.15) is 19.5 Å². The van der Waals surface area contributed by atoms with Crippen molar-refractivity contribution in [2.75, 3.05) is 5.32 Å². The van der Waals surface area contributed by atoms with Crippen LogP contribution in [0.4, 0.5) is 5.69 Å². The summed E-state index contributed by atoms with van der Waals surface area (Å²) in [6, 6.07) is 12.3. The van der Waals surface area contributed by atoms with Crippen LogP contribution >= 0.6 is 0 Å². The van der Waals surface area contributed by atoms with Gasteiger partial charge in [-0.15, -0.1) is 0 Å². The van der Waals surface area contributed by atoms with Gasteiger partial charge < -0.3 is 5.32 Å². The molecule has 2 rings (SSSR count). The maximum atomic E-state index is 12.0. The molecule has 0 aliphatic heterocycles. The Balaban J connectivity index is 2.02. The molecule has 0 bridgehead atoms. The largest absolute Gasteiger partial charge is 0.379 e. The van der Waals surface area contributed by atoms with Crippen LogP contribution in [-0.2, 0) is 16.6 Å². The lowest BCUT2D eigenvalue weighted by molar-refractivity contribution is 0.570. The van der Waals surface area contributed by atoms with Gasteiger partial charge in [0.2, 0.25) is 10.0 Å². The summed E-state index contributed by atoms with van der Waals surface area (Å²) in [4.78, 5) is 4.48. The fraction of sp³-hybridized carbons (Fsp3) is 0.267. The van der Waals surface area contributed by atoms with Crippen molar-refractivity contribution < 1.29 is 8.42 Å². The van der Waals surface area contributed by atoms with E-state index < -0.39 is 10.0 Å². The van der Waals surface area contributed by atoms with Gasteiger partial charge in [0.15, 0.2) is 0 Å². The molecule has 21 heavy (non-hydrogen) atoms. The zero-order valence-corrected chi connectivity index (χ0v) is 12.9. The number of hydrogen-bond acceptors (Lipinski definition) is 4. The van der Waals surface area contributed by atoms with E-state index in [0.29, 0.717) is 6.54 Å². The summed E-state index contributed by atoms with van der Waals surface area (Å²) in [7, 11) is -3.43. The van der Waals surface area contributed by atoms with Crippen LogP contribution in [-0.4, -0.2) is 19.4 Å². The van der Waals surface area contributed by atoms with Gasteiger partial charge in [0.1, 0.15) is 0 Å². The van der Waals surface area contributed by atoms with E-state index in [9.17, 15) is 8.42 Å². The molecule has 0 fully saturated rings. The normalized spacial score (nSPS) is 11.6. The number of sulfonamides is 1. The van der Waals surface area contributed by atoms with Crippen LogP contribution in [0.3, 0.4) is 0 Å². The minimum absolute atomic E-state index is 0.128. The highest BCUT2D eigenvalue weighted by molar-refractivity contribution is 7.89. The Morgan fingerprint density at radius 2 is 1.81 bits per heavy atom. The van der Waals surface area contributed by atoms with Crippen molar-refractivity contribution in [3.63, 3.8) is 0 Å². The Morgan fingerprint density at radius 1 is 1.10 bits per heavy atom. The van der Waals surface area contributed by atoms with E-state index in [0.717, 1.165) is 11.4 Å². The molecule has 112 valence electrons. The van der Waals surface area contributed by atoms with Gasteiger partial charge in [-0.05, 0) is 50.2 Å². The zero-order valence-electron chi connectivity index (χ0n) is 12.1. The number of hydrogen-bond donors (Lipinski definition) is 2. The van der Waals surface area contributed by atoms with Crippen LogP contribution in [0.2, 0.25) is 0 Å². The lowest BCUT2D eigenvalue weighted by Crippen LogP contribution is -2.30. The number of aromatic nitrogens is 1. The molecule has 0 aliphatic carbocycles. The molecule has 0 atom stereocenters. The highest BCUT2D eigenvalue weighted by atomic mass is 32.2. The SMILES string of the molecule is CC(C)NS(=O)(=O)c1ccc(NCc2ccccn2)cc1. The summed E-state index contributed by atoms with van der Waals surface area (Å²) in [5.74, 6) is 0. The predicted octanol–water partition coefficient (Wildman–Crippen LogP) is 2.38. The van der Waals surface area contributed by atoms with Crippen molar-refractivity contribution in [1.82, 2.24) is 9.71 Å². The van der Waals surface area contributed by atoms with E-state index >= 15 is 0 Å². The van der Waals surface area contributed by atoms with Crippen molar-refractivity contribution in [2.45, 2.75) is 31.3 Å². The van der Waals surface area contributed by atoms with Crippen LogP contribution in [0, 0.1) is 0 Å². The Hall–Kier alpha value is -1.92. The molecule has 5 nitrogen and oxygen atoms in total. The van der Waals surface area contributed by atoms with Gasteiger partial charge in [-0.25, -0.2) is 13.1 Å². The average Bonchev–Trinajstić information content (AvgIpc) is 2.45. The van der Waals surface area contributed by atoms with Crippen LogP contribution < -0.4 is 10.0 Å². The van der Waals surface area contributed by atoms with E-state index in [4.69, 9.17) is 0 Å². The third-order valence-electron chi connectivity index (χ3n) is 2.76. The standard InChI is InChI=1S/C15H19N3O2S/c1-12(2)18-21(19,20)15-8-6-13(7-9-15)17-11-14-5-3-4-10-16-14/h3-10,12,17-18H,11H2,1-2H3. The maximum Gasteiger partial charge on any atom is 0.240 e. The predicted molar refractivity (Wildman–Crippen MR) is 83.5 cm³/mol.